The van der Waals surface area contributed by atoms with E-state index in [0.29, 0.717) is 19.3 Å². The molecule has 0 unspecified atom stereocenters. The average molecular weight is 631 g/mol. The van der Waals surface area contributed by atoms with E-state index in [4.69, 9.17) is 0 Å². The van der Waals surface area contributed by atoms with Crippen LogP contribution in [0.4, 0.5) is 0 Å². The molecule has 0 bridgehead atoms. The highest BCUT2D eigenvalue weighted by molar-refractivity contribution is 6.02. The lowest BCUT2D eigenvalue weighted by Gasteiger charge is -2.26. The molecule has 0 saturated carbocycles. The molecule has 0 amide bonds. The van der Waals surface area contributed by atoms with Crippen molar-refractivity contribution in [2.45, 2.75) is 200 Å². The average Bonchev–Trinajstić information content (AvgIpc) is 3.00. The van der Waals surface area contributed by atoms with Gasteiger partial charge >= 0.3 is 0 Å². The number of hydrogen-bond donors (Lipinski definition) is 0. The first-order valence-electron chi connectivity index (χ1n) is 20.0. The van der Waals surface area contributed by atoms with Crippen LogP contribution in [0.15, 0.2) is 24.3 Å². The van der Waals surface area contributed by atoms with E-state index >= 15 is 0 Å². The van der Waals surface area contributed by atoms with Crippen LogP contribution in [-0.4, -0.2) is 43.7 Å². The number of allylic oxidation sites excluding steroid dienone is 4. The minimum atomic E-state index is -0.379. The van der Waals surface area contributed by atoms with Gasteiger partial charge in [-0.2, -0.15) is 0 Å². The third-order valence-electron chi connectivity index (χ3n) is 9.24. The molecule has 3 heteroatoms. The first-order valence-corrected chi connectivity index (χ1v) is 20.0. The van der Waals surface area contributed by atoms with Gasteiger partial charge in [-0.1, -0.05) is 141 Å². The quantitative estimate of drug-likeness (QED) is 0.0302. The zero-order valence-electron chi connectivity index (χ0n) is 31.4. The Labute approximate surface area is 283 Å². The molecule has 0 radical (unpaired) electrons. The molecule has 0 rings (SSSR count). The molecule has 45 heavy (non-hydrogen) atoms. The number of nitrogens with zero attached hydrogens (tertiary/aromatic N) is 1. The van der Waals surface area contributed by atoms with Crippen LogP contribution in [0.25, 0.3) is 0 Å². The van der Waals surface area contributed by atoms with Crippen molar-refractivity contribution in [3.63, 3.8) is 0 Å². The summed E-state index contributed by atoms with van der Waals surface area (Å²) in [5.74, 6) is 0.0357. The molecule has 0 aliphatic heterocycles. The minimum absolute atomic E-state index is 0.207. The number of carbonyl (C=O) groups is 2. The Bertz CT molecular complexity index is 665. The molecule has 0 aromatic rings. The van der Waals surface area contributed by atoms with Crippen molar-refractivity contribution < 1.29 is 14.1 Å². The van der Waals surface area contributed by atoms with Gasteiger partial charge in [-0.05, 0) is 64.2 Å². The maximum Gasteiger partial charge on any atom is 0.143 e. The van der Waals surface area contributed by atoms with E-state index in [1.807, 2.05) is 0 Å². The predicted molar refractivity (Wildman–Crippen MR) is 200 cm³/mol. The van der Waals surface area contributed by atoms with E-state index in [-0.39, 0.29) is 17.5 Å². The van der Waals surface area contributed by atoms with Crippen molar-refractivity contribution in [3.05, 3.63) is 24.3 Å². The number of quaternary nitrogens is 1. The number of hydrogen-bond acceptors (Lipinski definition) is 2. The summed E-state index contributed by atoms with van der Waals surface area (Å²) in [6.45, 7) is 5.42. The summed E-state index contributed by atoms with van der Waals surface area (Å²) in [6.07, 6.45) is 44.1. The molecular formula is C42H80NO2+. The molecule has 0 aromatic carbocycles. The van der Waals surface area contributed by atoms with E-state index in [1.165, 1.54) is 141 Å². The summed E-state index contributed by atoms with van der Waals surface area (Å²) >= 11 is 0. The molecule has 3 nitrogen and oxygen atoms in total. The summed E-state index contributed by atoms with van der Waals surface area (Å²) in [5, 5.41) is 0. The summed E-state index contributed by atoms with van der Waals surface area (Å²) in [6, 6.07) is 0. The van der Waals surface area contributed by atoms with Crippen LogP contribution in [0.5, 0.6) is 0 Å². The van der Waals surface area contributed by atoms with E-state index in [1.54, 1.807) is 0 Å². The second kappa shape index (κ2) is 32.7. The zero-order chi connectivity index (χ0) is 33.3. The zero-order valence-corrected chi connectivity index (χ0v) is 31.4. The van der Waals surface area contributed by atoms with Gasteiger partial charge in [-0.15, -0.1) is 0 Å². The standard InChI is InChI=1S/C42H80NO2/c1-6-8-10-12-14-16-18-20-22-24-26-28-30-32-34-36-41(44)40(38-39-43(3,4)5)42(45)37-35-33-31-29-27-25-23-21-19-17-15-13-11-9-7-2/h20-23,40H,6-19,24-39H2,1-5H3/q+1. The summed E-state index contributed by atoms with van der Waals surface area (Å²) in [5.41, 5.74) is 0. The lowest BCUT2D eigenvalue weighted by atomic mass is 9.88. The Morgan fingerprint density at radius 2 is 0.733 bits per heavy atom. The Morgan fingerprint density at radius 3 is 1.04 bits per heavy atom. The Morgan fingerprint density at radius 1 is 0.444 bits per heavy atom. The van der Waals surface area contributed by atoms with Gasteiger partial charge in [0.05, 0.1) is 33.6 Å². The normalized spacial score (nSPS) is 12.9. The topological polar surface area (TPSA) is 34.1 Å². The van der Waals surface area contributed by atoms with Crippen LogP contribution in [-0.2, 0) is 9.59 Å². The third kappa shape index (κ3) is 32.5. The monoisotopic (exact) mass is 631 g/mol. The highest BCUT2D eigenvalue weighted by atomic mass is 16.1. The Hall–Kier alpha value is -1.22. The van der Waals surface area contributed by atoms with Crippen LogP contribution in [0.3, 0.4) is 0 Å². The fraction of sp³-hybridized carbons (Fsp3) is 0.857. The van der Waals surface area contributed by atoms with E-state index in [0.717, 1.165) is 36.7 Å². The lowest BCUT2D eigenvalue weighted by molar-refractivity contribution is -0.870. The summed E-state index contributed by atoms with van der Waals surface area (Å²) in [4.78, 5) is 26.3. The van der Waals surface area contributed by atoms with Gasteiger partial charge < -0.3 is 4.48 Å². The van der Waals surface area contributed by atoms with Gasteiger partial charge in [0.25, 0.3) is 0 Å². The van der Waals surface area contributed by atoms with Crippen LogP contribution in [0.2, 0.25) is 0 Å². The molecule has 0 fully saturated rings. The molecule has 0 spiro atoms. The van der Waals surface area contributed by atoms with Gasteiger partial charge in [0.15, 0.2) is 0 Å². The van der Waals surface area contributed by atoms with Crippen LogP contribution in [0, 0.1) is 5.92 Å². The SMILES string of the molecule is CCCCCCCCC=CCCCCCCCC(=O)C(CC[N+](C)(C)C)C(=O)CCCCCCCC=CCCCCCCCC. The predicted octanol–water partition coefficient (Wildman–Crippen LogP) is 12.9. The van der Waals surface area contributed by atoms with Gasteiger partial charge in [-0.25, -0.2) is 0 Å². The number of rotatable bonds is 35. The van der Waals surface area contributed by atoms with Crippen molar-refractivity contribution in [3.8, 4) is 0 Å². The van der Waals surface area contributed by atoms with Crippen molar-refractivity contribution in [1.29, 1.82) is 0 Å². The second-order valence-electron chi connectivity index (χ2n) is 15.0. The first kappa shape index (κ1) is 43.8. The van der Waals surface area contributed by atoms with E-state index in [9.17, 15) is 9.59 Å². The van der Waals surface area contributed by atoms with Crippen LogP contribution < -0.4 is 0 Å². The molecule has 0 heterocycles. The van der Waals surface area contributed by atoms with Crippen LogP contribution >= 0.6 is 0 Å². The second-order valence-corrected chi connectivity index (χ2v) is 15.0. The third-order valence-corrected chi connectivity index (χ3v) is 9.24. The van der Waals surface area contributed by atoms with Crippen molar-refractivity contribution in [2.24, 2.45) is 5.92 Å². The van der Waals surface area contributed by atoms with Gasteiger partial charge in [0.2, 0.25) is 0 Å². The van der Waals surface area contributed by atoms with E-state index < -0.39 is 0 Å². The lowest BCUT2D eigenvalue weighted by Crippen LogP contribution is -2.38. The molecule has 264 valence electrons. The molecular weight excluding hydrogens is 550 g/mol. The Kier molecular flexibility index (Phi) is 31.8. The number of ketones is 2. The molecule has 0 atom stereocenters. The van der Waals surface area contributed by atoms with E-state index in [2.05, 4.69) is 59.3 Å². The fourth-order valence-electron chi connectivity index (χ4n) is 6.11. The highest BCUT2D eigenvalue weighted by Crippen LogP contribution is 2.19. The molecule has 0 saturated heterocycles. The highest BCUT2D eigenvalue weighted by Gasteiger charge is 2.27. The van der Waals surface area contributed by atoms with Crippen molar-refractivity contribution in [1.82, 2.24) is 0 Å². The van der Waals surface area contributed by atoms with Gasteiger partial charge in [0.1, 0.15) is 11.6 Å². The maximum absolute atomic E-state index is 13.2. The summed E-state index contributed by atoms with van der Waals surface area (Å²) < 4.78 is 0.803. The number of unbranched alkanes of at least 4 members (excludes halogenated alkanes) is 22. The van der Waals surface area contributed by atoms with Gasteiger partial charge in [0, 0.05) is 19.3 Å². The molecule has 0 aliphatic carbocycles. The maximum atomic E-state index is 13.2. The van der Waals surface area contributed by atoms with Crippen molar-refractivity contribution >= 4 is 11.6 Å². The summed E-state index contributed by atoms with van der Waals surface area (Å²) in [7, 11) is 6.46. The number of carbonyl (C=O) groups excluding carboxylic acids is 2. The molecule has 0 N–H and O–H groups in total. The smallest absolute Gasteiger partial charge is 0.143 e. The molecule has 0 aromatic heterocycles. The minimum Gasteiger partial charge on any atom is -0.331 e. The number of Topliss-reactive ketones (excluding diaryl/α,β-unsaturated/α-hetero) is 2. The molecule has 0 aliphatic rings. The largest absolute Gasteiger partial charge is 0.331 e. The van der Waals surface area contributed by atoms with Gasteiger partial charge in [-0.3, -0.25) is 9.59 Å². The first-order chi connectivity index (χ1) is 21.8. The fourth-order valence-corrected chi connectivity index (χ4v) is 6.11. The Balaban J connectivity index is 4.04. The van der Waals surface area contributed by atoms with Crippen molar-refractivity contribution in [2.75, 3.05) is 27.7 Å². The van der Waals surface area contributed by atoms with Crippen LogP contribution in [0.1, 0.15) is 200 Å².